The van der Waals surface area contributed by atoms with Crippen LogP contribution in [0.25, 0.3) is 11.3 Å². The van der Waals surface area contributed by atoms with Gasteiger partial charge in [-0.05, 0) is 35.9 Å². The molecule has 0 radical (unpaired) electrons. The lowest BCUT2D eigenvalue weighted by Crippen LogP contribution is -2.08. The minimum Gasteiger partial charge on any atom is -0.496 e. The van der Waals surface area contributed by atoms with E-state index in [4.69, 9.17) is 14.2 Å². The average molecular weight is 380 g/mol. The first-order valence-electron chi connectivity index (χ1n) is 8.51. The summed E-state index contributed by atoms with van der Waals surface area (Å²) in [5, 5.41) is 0. The second-order valence-corrected chi connectivity index (χ2v) is 5.81. The van der Waals surface area contributed by atoms with Crippen LogP contribution in [0.4, 0.5) is 4.79 Å². The second-order valence-electron chi connectivity index (χ2n) is 5.81. The van der Waals surface area contributed by atoms with Gasteiger partial charge < -0.3 is 18.9 Å². The molecule has 0 fully saturated rings. The van der Waals surface area contributed by atoms with Crippen LogP contribution in [0.1, 0.15) is 11.3 Å². The molecule has 1 aromatic heterocycles. The van der Waals surface area contributed by atoms with Gasteiger partial charge >= 0.3 is 6.16 Å². The van der Waals surface area contributed by atoms with Gasteiger partial charge in [-0.15, -0.1) is 0 Å². The van der Waals surface area contributed by atoms with Crippen LogP contribution in [0.5, 0.6) is 17.2 Å². The Morgan fingerprint density at radius 1 is 0.893 bits per heavy atom. The maximum atomic E-state index is 11.4. The number of aromatic nitrogens is 2. The van der Waals surface area contributed by atoms with Crippen LogP contribution < -0.4 is 14.2 Å². The molecule has 28 heavy (non-hydrogen) atoms. The largest absolute Gasteiger partial charge is 0.513 e. The molecule has 0 N–H and O–H groups in total. The normalized spacial score (nSPS) is 10.2. The van der Waals surface area contributed by atoms with Crippen LogP contribution in [0.2, 0.25) is 0 Å². The van der Waals surface area contributed by atoms with E-state index in [1.165, 1.54) is 20.5 Å². The summed E-state index contributed by atoms with van der Waals surface area (Å²) in [5.74, 6) is 1.46. The summed E-state index contributed by atoms with van der Waals surface area (Å²) in [4.78, 5) is 20.2. The summed E-state index contributed by atoms with van der Waals surface area (Å²) in [6, 6.07) is 14.9. The molecule has 0 atom stereocenters. The van der Waals surface area contributed by atoms with Crippen LogP contribution in [0, 0.1) is 0 Å². The Labute approximate surface area is 162 Å². The van der Waals surface area contributed by atoms with Gasteiger partial charge in [-0.3, -0.25) is 0 Å². The maximum Gasteiger partial charge on any atom is 0.513 e. The zero-order chi connectivity index (χ0) is 19.9. The fraction of sp³-hybridized carbons (Fsp3) is 0.190. The monoisotopic (exact) mass is 380 g/mol. The number of hydrogen-bond donors (Lipinski definition) is 0. The fourth-order valence-electron chi connectivity index (χ4n) is 2.75. The molecule has 0 unspecified atom stereocenters. The summed E-state index contributed by atoms with van der Waals surface area (Å²) >= 11 is 0. The SMILES string of the molecule is COC(=O)Oc1cc(Cc2cc(-c3ccccc3OC)ncn2)ccc1OC. The zero-order valence-corrected chi connectivity index (χ0v) is 15.8. The highest BCUT2D eigenvalue weighted by atomic mass is 16.7. The topological polar surface area (TPSA) is 79.8 Å². The van der Waals surface area contributed by atoms with Gasteiger partial charge in [0.1, 0.15) is 12.1 Å². The van der Waals surface area contributed by atoms with Crippen molar-refractivity contribution in [2.45, 2.75) is 6.42 Å². The number of carbonyl (C=O) groups is 1. The van der Waals surface area contributed by atoms with E-state index in [9.17, 15) is 4.79 Å². The lowest BCUT2D eigenvalue weighted by atomic mass is 10.1. The molecule has 0 aliphatic heterocycles. The molecule has 7 heteroatoms. The Bertz CT molecular complexity index is 975. The molecule has 1 heterocycles. The van der Waals surface area contributed by atoms with Crippen molar-refractivity contribution >= 4 is 6.16 Å². The predicted octanol–water partition coefficient (Wildman–Crippen LogP) is 3.90. The van der Waals surface area contributed by atoms with E-state index in [0.29, 0.717) is 12.2 Å². The molecule has 144 valence electrons. The number of hydrogen-bond acceptors (Lipinski definition) is 7. The molecule has 7 nitrogen and oxygen atoms in total. The van der Waals surface area contributed by atoms with E-state index in [-0.39, 0.29) is 5.75 Å². The summed E-state index contributed by atoms with van der Waals surface area (Å²) in [7, 11) is 4.38. The number of rotatable bonds is 6. The van der Waals surface area contributed by atoms with Crippen molar-refractivity contribution < 1.29 is 23.7 Å². The van der Waals surface area contributed by atoms with Gasteiger partial charge in [0.25, 0.3) is 0 Å². The smallest absolute Gasteiger partial charge is 0.496 e. The highest BCUT2D eigenvalue weighted by molar-refractivity contribution is 5.67. The van der Waals surface area contributed by atoms with Crippen LogP contribution >= 0.6 is 0 Å². The van der Waals surface area contributed by atoms with E-state index in [1.807, 2.05) is 36.4 Å². The van der Waals surface area contributed by atoms with Gasteiger partial charge in [-0.2, -0.15) is 0 Å². The molecule has 0 saturated carbocycles. The number of ether oxygens (including phenoxy) is 4. The molecular formula is C21H20N2O5. The Morgan fingerprint density at radius 2 is 1.68 bits per heavy atom. The van der Waals surface area contributed by atoms with Gasteiger partial charge in [-0.25, -0.2) is 14.8 Å². The van der Waals surface area contributed by atoms with Gasteiger partial charge in [0.15, 0.2) is 11.5 Å². The van der Waals surface area contributed by atoms with E-state index < -0.39 is 6.16 Å². The number of benzene rings is 2. The average Bonchev–Trinajstić information content (AvgIpc) is 2.74. The Balaban J connectivity index is 1.88. The molecule has 0 amide bonds. The van der Waals surface area contributed by atoms with Crippen molar-refractivity contribution in [3.8, 4) is 28.5 Å². The molecule has 3 aromatic rings. The first-order chi connectivity index (χ1) is 13.6. The Morgan fingerprint density at radius 3 is 2.43 bits per heavy atom. The van der Waals surface area contributed by atoms with E-state index in [2.05, 4.69) is 14.7 Å². The number of methoxy groups -OCH3 is 3. The summed E-state index contributed by atoms with van der Waals surface area (Å²) in [6.07, 6.45) is 1.23. The zero-order valence-electron chi connectivity index (χ0n) is 15.8. The minimum atomic E-state index is -0.809. The molecule has 2 aromatic carbocycles. The van der Waals surface area contributed by atoms with Gasteiger partial charge in [-0.1, -0.05) is 18.2 Å². The quantitative estimate of drug-likeness (QED) is 0.474. The highest BCUT2D eigenvalue weighted by Gasteiger charge is 2.13. The number of carbonyl (C=O) groups excluding carboxylic acids is 1. The van der Waals surface area contributed by atoms with Gasteiger partial charge in [0, 0.05) is 17.7 Å². The standard InChI is InChI=1S/C21H20N2O5/c1-25-18-7-5-4-6-16(18)17-12-15(22-13-23-17)10-14-8-9-19(26-2)20(11-14)28-21(24)27-3/h4-9,11-13H,10H2,1-3H3. The highest BCUT2D eigenvalue weighted by Crippen LogP contribution is 2.31. The Kier molecular flexibility index (Phi) is 6.06. The van der Waals surface area contributed by atoms with Crippen molar-refractivity contribution in [1.82, 2.24) is 9.97 Å². The van der Waals surface area contributed by atoms with Crippen molar-refractivity contribution in [2.24, 2.45) is 0 Å². The van der Waals surface area contributed by atoms with E-state index >= 15 is 0 Å². The molecule has 0 aliphatic rings. The Hall–Kier alpha value is -3.61. The van der Waals surface area contributed by atoms with Crippen LogP contribution in [0.3, 0.4) is 0 Å². The first-order valence-corrected chi connectivity index (χ1v) is 8.51. The lowest BCUT2D eigenvalue weighted by molar-refractivity contribution is 0.120. The van der Waals surface area contributed by atoms with Crippen molar-refractivity contribution in [1.29, 1.82) is 0 Å². The molecule has 0 spiro atoms. The molecule has 0 bridgehead atoms. The minimum absolute atomic E-state index is 0.283. The first kappa shape index (κ1) is 19.2. The fourth-order valence-corrected chi connectivity index (χ4v) is 2.75. The van der Waals surface area contributed by atoms with E-state index in [0.717, 1.165) is 28.3 Å². The summed E-state index contributed by atoms with van der Waals surface area (Å²) in [6.45, 7) is 0. The van der Waals surface area contributed by atoms with Crippen molar-refractivity contribution in [3.63, 3.8) is 0 Å². The maximum absolute atomic E-state index is 11.4. The number of nitrogens with zero attached hydrogens (tertiary/aromatic N) is 2. The second kappa shape index (κ2) is 8.85. The van der Waals surface area contributed by atoms with Crippen molar-refractivity contribution in [3.05, 3.63) is 66.1 Å². The van der Waals surface area contributed by atoms with Gasteiger partial charge in [0.05, 0.1) is 27.0 Å². The number of para-hydroxylation sites is 1. The predicted molar refractivity (Wildman–Crippen MR) is 103 cm³/mol. The third-order valence-electron chi connectivity index (χ3n) is 4.08. The molecule has 3 rings (SSSR count). The molecule has 0 aliphatic carbocycles. The van der Waals surface area contributed by atoms with Crippen LogP contribution in [-0.2, 0) is 11.2 Å². The van der Waals surface area contributed by atoms with Gasteiger partial charge in [0.2, 0.25) is 0 Å². The third kappa shape index (κ3) is 4.37. The summed E-state index contributed by atoms with van der Waals surface area (Å²) < 4.78 is 20.3. The van der Waals surface area contributed by atoms with Crippen LogP contribution in [0.15, 0.2) is 54.9 Å². The molecular weight excluding hydrogens is 360 g/mol. The van der Waals surface area contributed by atoms with E-state index in [1.54, 1.807) is 19.2 Å². The summed E-state index contributed by atoms with van der Waals surface area (Å²) in [5.41, 5.74) is 3.36. The molecule has 0 saturated heterocycles. The third-order valence-corrected chi connectivity index (χ3v) is 4.08. The van der Waals surface area contributed by atoms with Crippen molar-refractivity contribution in [2.75, 3.05) is 21.3 Å². The lowest BCUT2D eigenvalue weighted by Gasteiger charge is -2.11. The van der Waals surface area contributed by atoms with Crippen LogP contribution in [-0.4, -0.2) is 37.5 Å².